The summed E-state index contributed by atoms with van der Waals surface area (Å²) < 4.78 is 0. The van der Waals surface area contributed by atoms with Crippen LogP contribution in [0.2, 0.25) is 5.02 Å². The Bertz CT molecular complexity index is 387. The van der Waals surface area contributed by atoms with E-state index < -0.39 is 11.5 Å². The Morgan fingerprint density at radius 2 is 1.93 bits per heavy atom. The third kappa shape index (κ3) is 1.90. The van der Waals surface area contributed by atoms with Gasteiger partial charge in [-0.1, -0.05) is 11.6 Å². The van der Waals surface area contributed by atoms with Crippen molar-refractivity contribution in [2.75, 3.05) is 0 Å². The monoisotopic (exact) mass is 216 g/mol. The highest BCUT2D eigenvalue weighted by Crippen LogP contribution is 2.40. The minimum atomic E-state index is -0.459. The second kappa shape index (κ2) is 3.75. The molecule has 1 aromatic rings. The van der Waals surface area contributed by atoms with Crippen molar-refractivity contribution in [3.63, 3.8) is 0 Å². The maximum Gasteiger partial charge on any atom is 0.145 e. The molecule has 0 aliphatic rings. The Morgan fingerprint density at radius 3 is 2.43 bits per heavy atom. The van der Waals surface area contributed by atoms with E-state index >= 15 is 0 Å². The van der Waals surface area contributed by atoms with Crippen molar-refractivity contribution in [2.45, 2.75) is 13.3 Å². The SMILES string of the molecule is CC(=O)Cc1c(O)cc(O)c(Cl)c1O. The fraction of sp³-hybridized carbons (Fsp3) is 0.222. The van der Waals surface area contributed by atoms with Crippen molar-refractivity contribution in [3.8, 4) is 17.2 Å². The summed E-state index contributed by atoms with van der Waals surface area (Å²) in [6, 6.07) is 0.986. The molecule has 4 nitrogen and oxygen atoms in total. The molecule has 0 fully saturated rings. The molecule has 1 rings (SSSR count). The van der Waals surface area contributed by atoms with Crippen molar-refractivity contribution in [1.29, 1.82) is 0 Å². The number of hydrogen-bond donors (Lipinski definition) is 3. The Hall–Kier alpha value is -1.42. The van der Waals surface area contributed by atoms with Crippen LogP contribution in [0.25, 0.3) is 0 Å². The molecule has 0 aliphatic heterocycles. The molecule has 0 spiro atoms. The van der Waals surface area contributed by atoms with E-state index in [1.54, 1.807) is 0 Å². The van der Waals surface area contributed by atoms with Gasteiger partial charge >= 0.3 is 0 Å². The van der Waals surface area contributed by atoms with E-state index in [1.807, 2.05) is 0 Å². The first kappa shape index (κ1) is 10.7. The zero-order valence-corrected chi connectivity index (χ0v) is 8.17. The second-order valence-corrected chi connectivity index (χ2v) is 3.31. The summed E-state index contributed by atoms with van der Waals surface area (Å²) >= 11 is 5.52. The Morgan fingerprint density at radius 1 is 1.36 bits per heavy atom. The summed E-state index contributed by atoms with van der Waals surface area (Å²) in [5.41, 5.74) is 0.0281. The van der Waals surface area contributed by atoms with Crippen molar-refractivity contribution < 1.29 is 20.1 Å². The van der Waals surface area contributed by atoms with Gasteiger partial charge in [-0.2, -0.15) is 0 Å². The molecule has 0 saturated heterocycles. The van der Waals surface area contributed by atoms with Gasteiger partial charge in [0.1, 0.15) is 28.1 Å². The predicted octanol–water partition coefficient (Wildman–Crippen LogP) is 1.59. The van der Waals surface area contributed by atoms with Crippen LogP contribution in [0, 0.1) is 0 Å². The lowest BCUT2D eigenvalue weighted by Gasteiger charge is -2.08. The molecule has 76 valence electrons. The maximum absolute atomic E-state index is 10.8. The number of benzene rings is 1. The molecular formula is C9H9ClO4. The first-order valence-electron chi connectivity index (χ1n) is 3.85. The van der Waals surface area contributed by atoms with Gasteiger partial charge in [0.05, 0.1) is 0 Å². The van der Waals surface area contributed by atoms with E-state index in [4.69, 9.17) is 16.7 Å². The molecule has 5 heteroatoms. The minimum Gasteiger partial charge on any atom is -0.507 e. The molecule has 0 amide bonds. The number of ketones is 1. The fourth-order valence-corrected chi connectivity index (χ4v) is 1.25. The lowest BCUT2D eigenvalue weighted by atomic mass is 10.1. The summed E-state index contributed by atoms with van der Waals surface area (Å²) in [5.74, 6) is -1.45. The first-order chi connectivity index (χ1) is 6.43. The molecule has 0 atom stereocenters. The summed E-state index contributed by atoms with van der Waals surface area (Å²) in [6.07, 6.45) is -0.127. The zero-order chi connectivity index (χ0) is 10.9. The number of rotatable bonds is 2. The molecule has 0 bridgehead atoms. The number of phenols is 3. The van der Waals surface area contributed by atoms with E-state index in [0.29, 0.717) is 0 Å². The van der Waals surface area contributed by atoms with Gasteiger partial charge in [-0.3, -0.25) is 4.79 Å². The number of carbonyl (C=O) groups excluding carboxylic acids is 1. The van der Waals surface area contributed by atoms with Gasteiger partial charge in [-0.15, -0.1) is 0 Å². The molecular weight excluding hydrogens is 208 g/mol. The molecule has 0 saturated carbocycles. The second-order valence-electron chi connectivity index (χ2n) is 2.93. The number of phenolic OH excluding ortho intramolecular Hbond substituents is 3. The van der Waals surface area contributed by atoms with Crippen LogP contribution in [0.3, 0.4) is 0 Å². The largest absolute Gasteiger partial charge is 0.507 e. The molecule has 0 heterocycles. The lowest BCUT2D eigenvalue weighted by Crippen LogP contribution is -1.97. The van der Waals surface area contributed by atoms with E-state index in [0.717, 1.165) is 6.07 Å². The highest BCUT2D eigenvalue weighted by Gasteiger charge is 2.16. The average Bonchev–Trinajstić information content (AvgIpc) is 2.09. The van der Waals surface area contributed by atoms with Crippen LogP contribution in [0.15, 0.2) is 6.07 Å². The Kier molecular flexibility index (Phi) is 2.86. The average molecular weight is 217 g/mol. The molecule has 0 unspecified atom stereocenters. The normalized spacial score (nSPS) is 10.1. The zero-order valence-electron chi connectivity index (χ0n) is 7.41. The minimum absolute atomic E-state index is 0.0281. The summed E-state index contributed by atoms with van der Waals surface area (Å²) in [5, 5.41) is 27.6. The maximum atomic E-state index is 10.8. The highest BCUT2D eigenvalue weighted by atomic mass is 35.5. The third-order valence-electron chi connectivity index (χ3n) is 1.73. The summed E-state index contributed by atoms with van der Waals surface area (Å²) in [7, 11) is 0. The Labute approximate surface area is 85.4 Å². The topological polar surface area (TPSA) is 77.8 Å². The van der Waals surface area contributed by atoms with Crippen LogP contribution in [-0.4, -0.2) is 21.1 Å². The number of hydrogen-bond acceptors (Lipinski definition) is 4. The number of halogens is 1. The molecule has 0 aromatic heterocycles. The van der Waals surface area contributed by atoms with Crippen molar-refractivity contribution >= 4 is 17.4 Å². The van der Waals surface area contributed by atoms with Crippen LogP contribution in [0.5, 0.6) is 17.2 Å². The van der Waals surface area contributed by atoms with E-state index in [1.165, 1.54) is 6.92 Å². The Balaban J connectivity index is 3.29. The molecule has 3 N–H and O–H groups in total. The number of Topliss-reactive ketones (excluding diaryl/α,β-unsaturated/α-hetero) is 1. The predicted molar refractivity (Wildman–Crippen MR) is 50.8 cm³/mol. The van der Waals surface area contributed by atoms with Crippen LogP contribution in [-0.2, 0) is 11.2 Å². The first-order valence-corrected chi connectivity index (χ1v) is 4.23. The molecule has 0 aliphatic carbocycles. The van der Waals surface area contributed by atoms with Gasteiger partial charge in [-0.05, 0) is 6.92 Å². The lowest BCUT2D eigenvalue weighted by molar-refractivity contribution is -0.116. The quantitative estimate of drug-likeness (QED) is 0.702. The standard InChI is InChI=1S/C9H9ClO4/c1-4(11)2-5-6(12)3-7(13)8(10)9(5)14/h3,12-14H,2H2,1H3. The highest BCUT2D eigenvalue weighted by molar-refractivity contribution is 6.33. The van der Waals surface area contributed by atoms with E-state index in [-0.39, 0.29) is 28.5 Å². The summed E-state index contributed by atoms with van der Waals surface area (Å²) in [4.78, 5) is 10.8. The van der Waals surface area contributed by atoms with Crippen molar-refractivity contribution in [3.05, 3.63) is 16.7 Å². The van der Waals surface area contributed by atoms with Gasteiger partial charge in [0.2, 0.25) is 0 Å². The van der Waals surface area contributed by atoms with Crippen LogP contribution >= 0.6 is 11.6 Å². The smallest absolute Gasteiger partial charge is 0.145 e. The molecule has 14 heavy (non-hydrogen) atoms. The van der Waals surface area contributed by atoms with Crippen LogP contribution in [0.1, 0.15) is 12.5 Å². The van der Waals surface area contributed by atoms with Gasteiger partial charge in [0.25, 0.3) is 0 Å². The van der Waals surface area contributed by atoms with Crippen LogP contribution in [0.4, 0.5) is 0 Å². The number of carbonyl (C=O) groups is 1. The van der Waals surface area contributed by atoms with Crippen LogP contribution < -0.4 is 0 Å². The van der Waals surface area contributed by atoms with E-state index in [2.05, 4.69) is 0 Å². The van der Waals surface area contributed by atoms with Gasteiger partial charge < -0.3 is 15.3 Å². The van der Waals surface area contributed by atoms with Gasteiger partial charge in [0.15, 0.2) is 0 Å². The van der Waals surface area contributed by atoms with E-state index in [9.17, 15) is 15.0 Å². The number of aromatic hydroxyl groups is 3. The molecule has 1 aromatic carbocycles. The van der Waals surface area contributed by atoms with Gasteiger partial charge in [0, 0.05) is 18.1 Å². The fourth-order valence-electron chi connectivity index (χ4n) is 1.08. The van der Waals surface area contributed by atoms with Gasteiger partial charge in [-0.25, -0.2) is 0 Å². The van der Waals surface area contributed by atoms with Crippen molar-refractivity contribution in [1.82, 2.24) is 0 Å². The van der Waals surface area contributed by atoms with Crippen molar-refractivity contribution in [2.24, 2.45) is 0 Å². The third-order valence-corrected chi connectivity index (χ3v) is 2.10. The summed E-state index contributed by atoms with van der Waals surface area (Å²) in [6.45, 7) is 1.32. The molecule has 0 radical (unpaired) electrons.